The van der Waals surface area contributed by atoms with Crippen LogP contribution in [-0.2, 0) is 4.79 Å². The van der Waals surface area contributed by atoms with E-state index in [9.17, 15) is 4.79 Å². The fourth-order valence-corrected chi connectivity index (χ4v) is 5.78. The number of carbonyl (C=O) groups excluding carboxylic acids is 1. The highest BCUT2D eigenvalue weighted by molar-refractivity contribution is 6.01. The highest BCUT2D eigenvalue weighted by atomic mass is 16.5. The summed E-state index contributed by atoms with van der Waals surface area (Å²) in [5.41, 5.74) is 6.91. The summed E-state index contributed by atoms with van der Waals surface area (Å²) >= 11 is 0. The molecule has 0 saturated carbocycles. The van der Waals surface area contributed by atoms with Crippen molar-refractivity contribution in [3.63, 3.8) is 0 Å². The first-order valence-corrected chi connectivity index (χ1v) is 13.5. The lowest BCUT2D eigenvalue weighted by atomic mass is 9.78. The van der Waals surface area contributed by atoms with E-state index in [0.717, 1.165) is 46.9 Å². The zero-order chi connectivity index (χ0) is 27.5. The molecule has 5 rings (SSSR count). The van der Waals surface area contributed by atoms with Gasteiger partial charge in [0.1, 0.15) is 0 Å². The van der Waals surface area contributed by atoms with Gasteiger partial charge in [0.2, 0.25) is 5.75 Å². The number of ether oxygens (including phenoxy) is 3. The topological polar surface area (TPSA) is 72.1 Å². The van der Waals surface area contributed by atoms with E-state index in [1.807, 2.05) is 30.3 Å². The molecule has 0 aromatic heterocycles. The number of benzene rings is 3. The molecule has 0 unspecified atom stereocenters. The van der Waals surface area contributed by atoms with Gasteiger partial charge in [-0.2, -0.15) is 0 Å². The van der Waals surface area contributed by atoms with Crippen LogP contribution in [0.4, 0.5) is 17.1 Å². The van der Waals surface area contributed by atoms with E-state index in [1.54, 1.807) is 21.3 Å². The third-order valence-corrected chi connectivity index (χ3v) is 7.82. The number of Topliss-reactive ketones (excluding diaryl/α,β-unsaturated/α-hetero) is 1. The van der Waals surface area contributed by atoms with Crippen molar-refractivity contribution in [2.24, 2.45) is 0 Å². The van der Waals surface area contributed by atoms with Gasteiger partial charge in [-0.1, -0.05) is 24.3 Å². The van der Waals surface area contributed by atoms with E-state index in [1.165, 1.54) is 5.69 Å². The molecule has 3 aromatic rings. The normalized spacial score (nSPS) is 18.2. The highest BCUT2D eigenvalue weighted by Crippen LogP contribution is 2.47. The third kappa shape index (κ3) is 5.01. The number of nitrogens with zero attached hydrogens (tertiary/aromatic N) is 1. The van der Waals surface area contributed by atoms with Crippen LogP contribution in [0.3, 0.4) is 0 Å². The average Bonchev–Trinajstić information content (AvgIpc) is 3.14. The predicted molar refractivity (Wildman–Crippen MR) is 157 cm³/mol. The molecule has 2 aliphatic rings. The number of ketones is 1. The molecule has 3 aromatic carbocycles. The molecule has 39 heavy (non-hydrogen) atoms. The first-order chi connectivity index (χ1) is 19.0. The van der Waals surface area contributed by atoms with Crippen molar-refractivity contribution in [3.05, 3.63) is 83.1 Å². The van der Waals surface area contributed by atoms with Gasteiger partial charge < -0.3 is 29.7 Å². The Labute approximate surface area is 230 Å². The molecule has 0 saturated heterocycles. The molecule has 0 fully saturated rings. The third-order valence-electron chi connectivity index (χ3n) is 7.82. The molecule has 204 valence electrons. The lowest BCUT2D eigenvalue weighted by molar-refractivity contribution is -0.116. The molecule has 1 heterocycles. The van der Waals surface area contributed by atoms with Gasteiger partial charge in [-0.25, -0.2) is 0 Å². The summed E-state index contributed by atoms with van der Waals surface area (Å²) in [6, 6.07) is 20.4. The highest BCUT2D eigenvalue weighted by Gasteiger charge is 2.36. The molecule has 2 N–H and O–H groups in total. The maximum atomic E-state index is 14.0. The summed E-state index contributed by atoms with van der Waals surface area (Å²) < 4.78 is 16.7. The lowest BCUT2D eigenvalue weighted by Crippen LogP contribution is -2.27. The van der Waals surface area contributed by atoms with Crippen molar-refractivity contribution in [3.8, 4) is 17.2 Å². The molecule has 0 amide bonds. The van der Waals surface area contributed by atoms with Crippen LogP contribution in [0.2, 0.25) is 0 Å². The fraction of sp³-hybridized carbons (Fsp3) is 0.344. The number of hydrogen-bond donors (Lipinski definition) is 2. The molecule has 1 aliphatic carbocycles. The Balaban J connectivity index is 1.56. The molecule has 7 nitrogen and oxygen atoms in total. The van der Waals surface area contributed by atoms with Gasteiger partial charge in [-0.15, -0.1) is 0 Å². The minimum Gasteiger partial charge on any atom is -0.493 e. The number of allylic oxidation sites excluding steroid dienone is 1. The van der Waals surface area contributed by atoms with Crippen molar-refractivity contribution in [1.82, 2.24) is 0 Å². The molecule has 0 bridgehead atoms. The maximum Gasteiger partial charge on any atom is 0.203 e. The monoisotopic (exact) mass is 527 g/mol. The van der Waals surface area contributed by atoms with Crippen molar-refractivity contribution < 1.29 is 19.0 Å². The van der Waals surface area contributed by atoms with Gasteiger partial charge >= 0.3 is 0 Å². The zero-order valence-corrected chi connectivity index (χ0v) is 23.3. The number of para-hydroxylation sites is 2. The molecular weight excluding hydrogens is 490 g/mol. The van der Waals surface area contributed by atoms with Crippen LogP contribution in [0.15, 0.2) is 71.9 Å². The number of rotatable bonds is 8. The summed E-state index contributed by atoms with van der Waals surface area (Å²) in [5.74, 6) is 1.82. The predicted octanol–water partition coefficient (Wildman–Crippen LogP) is 6.54. The first-order valence-electron chi connectivity index (χ1n) is 13.5. The van der Waals surface area contributed by atoms with Crippen LogP contribution in [0.1, 0.15) is 49.8 Å². The number of fused-ring (bicyclic) bond motifs is 1. The Morgan fingerprint density at radius 1 is 0.821 bits per heavy atom. The van der Waals surface area contributed by atoms with E-state index in [0.29, 0.717) is 30.1 Å². The van der Waals surface area contributed by atoms with Gasteiger partial charge in [0.15, 0.2) is 17.3 Å². The quantitative estimate of drug-likeness (QED) is 0.345. The van der Waals surface area contributed by atoms with E-state index >= 15 is 0 Å². The number of carbonyl (C=O) groups is 1. The molecule has 0 spiro atoms. The van der Waals surface area contributed by atoms with Crippen molar-refractivity contribution >= 4 is 22.8 Å². The fourth-order valence-electron chi connectivity index (χ4n) is 5.78. The Bertz CT molecular complexity index is 1350. The van der Waals surface area contributed by atoms with Gasteiger partial charge in [-0.05, 0) is 73.7 Å². The summed E-state index contributed by atoms with van der Waals surface area (Å²) in [5, 5.41) is 7.30. The van der Waals surface area contributed by atoms with Crippen molar-refractivity contribution in [1.29, 1.82) is 0 Å². The Kier molecular flexibility index (Phi) is 7.68. The summed E-state index contributed by atoms with van der Waals surface area (Å²) in [6.45, 7) is 6.22. The molecule has 0 radical (unpaired) electrons. The van der Waals surface area contributed by atoms with Crippen LogP contribution in [-0.4, -0.2) is 40.2 Å². The summed E-state index contributed by atoms with van der Waals surface area (Å²) in [4.78, 5) is 16.3. The lowest BCUT2D eigenvalue weighted by Gasteiger charge is -2.30. The van der Waals surface area contributed by atoms with E-state index < -0.39 is 0 Å². The van der Waals surface area contributed by atoms with E-state index in [-0.39, 0.29) is 17.7 Å². The Hall–Kier alpha value is -4.13. The number of hydrogen-bond acceptors (Lipinski definition) is 7. The van der Waals surface area contributed by atoms with Crippen LogP contribution in [0.25, 0.3) is 0 Å². The Morgan fingerprint density at radius 3 is 2.05 bits per heavy atom. The molecular formula is C32H37N3O4. The standard InChI is InChI=1S/C32H37N3O4/c1-6-35(7-2)23-14-12-20(13-15-23)31-30-26(33-24-10-8-9-11-25(24)34-31)16-21(17-27(30)36)22-18-28(37-3)32(39-5)29(19-22)38-4/h8-15,18-19,21,31,33-34H,6-7,16-17H2,1-5H3/t21-,31+/m0/s1. The smallest absolute Gasteiger partial charge is 0.203 e. The summed E-state index contributed by atoms with van der Waals surface area (Å²) in [6.07, 6.45) is 1.08. The van der Waals surface area contributed by atoms with Crippen LogP contribution >= 0.6 is 0 Å². The second-order valence-corrected chi connectivity index (χ2v) is 9.89. The molecule has 1 aliphatic heterocycles. The minimum absolute atomic E-state index is 0.0339. The number of methoxy groups -OCH3 is 3. The largest absolute Gasteiger partial charge is 0.493 e. The first kappa shape index (κ1) is 26.5. The van der Waals surface area contributed by atoms with E-state index in [2.05, 4.69) is 59.7 Å². The van der Waals surface area contributed by atoms with E-state index in [4.69, 9.17) is 14.2 Å². The molecule has 7 heteroatoms. The van der Waals surface area contributed by atoms with Gasteiger partial charge in [0.05, 0.1) is 38.7 Å². The number of anilines is 3. The second kappa shape index (κ2) is 11.3. The van der Waals surface area contributed by atoms with Crippen LogP contribution in [0.5, 0.6) is 17.2 Å². The summed E-state index contributed by atoms with van der Waals surface area (Å²) in [7, 11) is 4.81. The average molecular weight is 528 g/mol. The number of nitrogens with one attached hydrogen (secondary N) is 2. The van der Waals surface area contributed by atoms with Gasteiger partial charge in [0, 0.05) is 36.5 Å². The van der Waals surface area contributed by atoms with Crippen molar-refractivity contribution in [2.75, 3.05) is 50.0 Å². The van der Waals surface area contributed by atoms with Gasteiger partial charge in [-0.3, -0.25) is 4.79 Å². The molecule has 2 atom stereocenters. The van der Waals surface area contributed by atoms with Gasteiger partial charge in [0.25, 0.3) is 0 Å². The minimum atomic E-state index is -0.254. The Morgan fingerprint density at radius 2 is 1.46 bits per heavy atom. The maximum absolute atomic E-state index is 14.0. The van der Waals surface area contributed by atoms with Crippen LogP contribution in [0, 0.1) is 0 Å². The SMILES string of the molecule is CCN(CC)c1ccc([C@H]2Nc3ccccc3NC3=C2C(=O)C[C@@H](c2cc(OC)c(OC)c(OC)c2)C3)cc1. The zero-order valence-electron chi connectivity index (χ0n) is 23.3. The van der Waals surface area contributed by atoms with Crippen molar-refractivity contribution in [2.45, 2.75) is 38.6 Å². The van der Waals surface area contributed by atoms with Crippen LogP contribution < -0.4 is 29.7 Å². The second-order valence-electron chi connectivity index (χ2n) is 9.89.